The molecule has 2 unspecified atom stereocenters. The number of hydrogen-bond donors (Lipinski definition) is 0. The van der Waals surface area contributed by atoms with Crippen molar-refractivity contribution in [3.63, 3.8) is 0 Å². The van der Waals surface area contributed by atoms with Crippen molar-refractivity contribution in [2.45, 2.75) is 57.7 Å². The van der Waals surface area contributed by atoms with E-state index in [4.69, 9.17) is 4.43 Å². The molecule has 0 radical (unpaired) electrons. The molecule has 2 aliphatic rings. The second-order valence-corrected chi connectivity index (χ2v) is 8.62. The molecule has 2 fully saturated rings. The van der Waals surface area contributed by atoms with E-state index in [1.807, 2.05) is 0 Å². The summed E-state index contributed by atoms with van der Waals surface area (Å²) in [5, 5.41) is 0. The Morgan fingerprint density at radius 2 is 2.21 bits per heavy atom. The van der Waals surface area contributed by atoms with E-state index in [2.05, 4.69) is 18.0 Å². The number of piperidine rings is 1. The van der Waals surface area contributed by atoms with Gasteiger partial charge in [-0.1, -0.05) is 19.8 Å². The fraction of sp³-hybridized carbons (Fsp3) is 1.00. The van der Waals surface area contributed by atoms with Crippen LogP contribution in [0.1, 0.15) is 39.0 Å². The molecule has 0 saturated carbocycles. The van der Waals surface area contributed by atoms with E-state index in [1.165, 1.54) is 44.7 Å². The highest BCUT2D eigenvalue weighted by atomic mass is 28.4. The van der Waals surface area contributed by atoms with Crippen LogP contribution < -0.4 is 0 Å². The number of fused-ring (bicyclic) bond motifs is 1. The number of nitrogens with zero attached hydrogens (tertiary/aromatic N) is 1. The van der Waals surface area contributed by atoms with Gasteiger partial charge in [-0.15, -0.1) is 0 Å². The van der Waals surface area contributed by atoms with Gasteiger partial charge >= 0.3 is 0 Å². The highest BCUT2D eigenvalue weighted by Gasteiger charge is 2.43. The molecule has 2 saturated heterocycles. The molecule has 0 amide bonds. The lowest BCUT2D eigenvalue weighted by molar-refractivity contribution is 0.105. The van der Waals surface area contributed by atoms with Crippen molar-refractivity contribution in [1.29, 1.82) is 0 Å². The van der Waals surface area contributed by atoms with Crippen molar-refractivity contribution in [3.05, 3.63) is 0 Å². The SMILES string of the molecule is CCC[Si]1(C)OCCC2CCCCN21. The Bertz CT molecular complexity index is 194. The van der Waals surface area contributed by atoms with E-state index in [9.17, 15) is 0 Å². The normalized spacial score (nSPS) is 39.4. The molecule has 14 heavy (non-hydrogen) atoms. The molecule has 2 aliphatic heterocycles. The zero-order valence-electron chi connectivity index (χ0n) is 9.59. The number of rotatable bonds is 2. The zero-order chi connectivity index (χ0) is 10.0. The minimum Gasteiger partial charge on any atom is -0.403 e. The lowest BCUT2D eigenvalue weighted by Crippen LogP contribution is -2.62. The van der Waals surface area contributed by atoms with E-state index >= 15 is 0 Å². The third-order valence-electron chi connectivity index (χ3n) is 3.81. The summed E-state index contributed by atoms with van der Waals surface area (Å²) in [5.74, 6) is 0. The Labute approximate surface area is 88.8 Å². The molecule has 0 aromatic heterocycles. The summed E-state index contributed by atoms with van der Waals surface area (Å²) in [4.78, 5) is 0. The second-order valence-electron chi connectivity index (χ2n) is 4.91. The molecule has 2 rings (SSSR count). The van der Waals surface area contributed by atoms with Gasteiger partial charge in [-0.3, -0.25) is 4.57 Å². The van der Waals surface area contributed by atoms with Crippen molar-refractivity contribution in [1.82, 2.24) is 4.57 Å². The first kappa shape index (κ1) is 10.6. The third-order valence-corrected chi connectivity index (χ3v) is 7.87. The van der Waals surface area contributed by atoms with Gasteiger partial charge in [-0.25, -0.2) is 0 Å². The summed E-state index contributed by atoms with van der Waals surface area (Å²) >= 11 is 0. The summed E-state index contributed by atoms with van der Waals surface area (Å²) in [6, 6.07) is 2.20. The molecule has 0 spiro atoms. The van der Waals surface area contributed by atoms with Gasteiger partial charge in [0.05, 0.1) is 0 Å². The van der Waals surface area contributed by atoms with Gasteiger partial charge in [-0.05, 0) is 38.4 Å². The number of hydrogen-bond acceptors (Lipinski definition) is 2. The van der Waals surface area contributed by atoms with Crippen molar-refractivity contribution in [3.8, 4) is 0 Å². The monoisotopic (exact) mass is 213 g/mol. The maximum atomic E-state index is 6.14. The molecule has 0 aliphatic carbocycles. The fourth-order valence-electron chi connectivity index (χ4n) is 3.10. The van der Waals surface area contributed by atoms with Crippen LogP contribution >= 0.6 is 0 Å². The molecule has 0 N–H and O–H groups in total. The first-order valence-corrected chi connectivity index (χ1v) is 8.73. The summed E-state index contributed by atoms with van der Waals surface area (Å²) < 4.78 is 8.91. The van der Waals surface area contributed by atoms with E-state index in [0.29, 0.717) is 0 Å². The molecule has 2 nitrogen and oxygen atoms in total. The average Bonchev–Trinajstić information content (AvgIpc) is 2.19. The van der Waals surface area contributed by atoms with Gasteiger partial charge < -0.3 is 4.43 Å². The van der Waals surface area contributed by atoms with Crippen molar-refractivity contribution >= 4 is 8.48 Å². The standard InChI is InChI=1S/C11H23NOSi/c1-3-10-14(2)12-8-5-4-6-11(12)7-9-13-14/h11H,3-10H2,1-2H3. The summed E-state index contributed by atoms with van der Waals surface area (Å²) in [7, 11) is -1.47. The van der Waals surface area contributed by atoms with Gasteiger partial charge in [0, 0.05) is 12.6 Å². The van der Waals surface area contributed by atoms with Crippen LogP contribution in [0.25, 0.3) is 0 Å². The molecule has 82 valence electrons. The van der Waals surface area contributed by atoms with Crippen LogP contribution in [0.5, 0.6) is 0 Å². The van der Waals surface area contributed by atoms with Crippen LogP contribution in [0.4, 0.5) is 0 Å². The Balaban J connectivity index is 2.07. The van der Waals surface area contributed by atoms with Crippen LogP contribution in [-0.2, 0) is 4.43 Å². The maximum Gasteiger partial charge on any atom is 0.268 e. The topological polar surface area (TPSA) is 12.5 Å². The summed E-state index contributed by atoms with van der Waals surface area (Å²) in [6.07, 6.45) is 6.83. The molecule has 2 atom stereocenters. The average molecular weight is 213 g/mol. The lowest BCUT2D eigenvalue weighted by Gasteiger charge is -2.50. The minimum absolute atomic E-state index is 0.876. The molecule has 0 aromatic rings. The van der Waals surface area contributed by atoms with E-state index in [1.54, 1.807) is 0 Å². The first-order valence-electron chi connectivity index (χ1n) is 6.17. The quantitative estimate of drug-likeness (QED) is 0.654. The highest BCUT2D eigenvalue weighted by Crippen LogP contribution is 2.32. The highest BCUT2D eigenvalue weighted by molar-refractivity contribution is 6.69. The molecule has 3 heteroatoms. The van der Waals surface area contributed by atoms with Crippen molar-refractivity contribution in [2.24, 2.45) is 0 Å². The van der Waals surface area contributed by atoms with Gasteiger partial charge in [-0.2, -0.15) is 0 Å². The maximum absolute atomic E-state index is 6.14. The Kier molecular flexibility index (Phi) is 3.29. The van der Waals surface area contributed by atoms with Crippen LogP contribution in [0.3, 0.4) is 0 Å². The van der Waals surface area contributed by atoms with Crippen LogP contribution in [-0.4, -0.2) is 32.2 Å². The predicted molar refractivity (Wildman–Crippen MR) is 61.6 cm³/mol. The summed E-state index contributed by atoms with van der Waals surface area (Å²) in [6.45, 7) is 7.06. The van der Waals surface area contributed by atoms with Gasteiger partial charge in [0.15, 0.2) is 0 Å². The second kappa shape index (κ2) is 4.33. The lowest BCUT2D eigenvalue weighted by atomic mass is 10.0. The third kappa shape index (κ3) is 1.90. The smallest absolute Gasteiger partial charge is 0.268 e. The molecular formula is C11H23NOSi. The van der Waals surface area contributed by atoms with Gasteiger partial charge in [0.1, 0.15) is 0 Å². The van der Waals surface area contributed by atoms with Gasteiger partial charge in [0.2, 0.25) is 0 Å². The van der Waals surface area contributed by atoms with Crippen molar-refractivity contribution in [2.75, 3.05) is 13.2 Å². The molecular weight excluding hydrogens is 190 g/mol. The van der Waals surface area contributed by atoms with E-state index < -0.39 is 8.48 Å². The first-order chi connectivity index (χ1) is 6.76. The Hall–Kier alpha value is 0.137. The van der Waals surface area contributed by atoms with Gasteiger partial charge in [0.25, 0.3) is 8.48 Å². The van der Waals surface area contributed by atoms with Crippen molar-refractivity contribution < 1.29 is 4.43 Å². The Morgan fingerprint density at radius 1 is 1.36 bits per heavy atom. The van der Waals surface area contributed by atoms with E-state index in [0.717, 1.165) is 12.6 Å². The fourth-order valence-corrected chi connectivity index (χ4v) is 6.85. The molecule has 0 aromatic carbocycles. The minimum atomic E-state index is -1.47. The molecule has 2 heterocycles. The zero-order valence-corrected chi connectivity index (χ0v) is 10.6. The molecule has 0 bridgehead atoms. The summed E-state index contributed by atoms with van der Waals surface area (Å²) in [5.41, 5.74) is 0. The van der Waals surface area contributed by atoms with Crippen LogP contribution in [0.2, 0.25) is 12.6 Å². The Morgan fingerprint density at radius 3 is 3.00 bits per heavy atom. The van der Waals surface area contributed by atoms with E-state index in [-0.39, 0.29) is 0 Å². The predicted octanol–water partition coefficient (Wildman–Crippen LogP) is 2.74. The van der Waals surface area contributed by atoms with Crippen LogP contribution in [0.15, 0.2) is 0 Å². The largest absolute Gasteiger partial charge is 0.403 e. The van der Waals surface area contributed by atoms with Crippen LogP contribution in [0, 0.1) is 0 Å².